The molecule has 0 bridgehead atoms. The van der Waals surface area contributed by atoms with Crippen LogP contribution in [-0.2, 0) is 0 Å². The predicted molar refractivity (Wildman–Crippen MR) is 55.1 cm³/mol. The fourth-order valence-corrected chi connectivity index (χ4v) is 1.29. The molecule has 0 N–H and O–H groups in total. The van der Waals surface area contributed by atoms with Gasteiger partial charge in [0.2, 0.25) is 0 Å². The average molecular weight is 162 g/mol. The lowest BCUT2D eigenvalue weighted by molar-refractivity contribution is 0.838. The lowest BCUT2D eigenvalue weighted by Gasteiger charge is -1.93. The minimum absolute atomic E-state index is 1.22. The summed E-state index contributed by atoms with van der Waals surface area (Å²) in [7, 11) is 0. The van der Waals surface area contributed by atoms with Gasteiger partial charge in [0.1, 0.15) is 0 Å². The maximum absolute atomic E-state index is 2.32. The van der Waals surface area contributed by atoms with E-state index in [1.165, 1.54) is 38.5 Å². The molecule has 0 aliphatic heterocycles. The van der Waals surface area contributed by atoms with Crippen LogP contribution in [0.2, 0.25) is 0 Å². The van der Waals surface area contributed by atoms with Gasteiger partial charge < -0.3 is 0 Å². The first-order chi connectivity index (χ1) is 6.00. The predicted octanol–water partition coefficient (Wildman–Crippen LogP) is 4.01. The zero-order chi connectivity index (χ0) is 8.49. The summed E-state index contributed by atoms with van der Waals surface area (Å²) in [6, 6.07) is 0. The molecule has 0 nitrogen and oxygen atoms in total. The molecule has 0 aromatic heterocycles. The summed E-state index contributed by atoms with van der Waals surface area (Å²) in [5.74, 6) is 0. The third-order valence-electron chi connectivity index (χ3n) is 2.03. The molecule has 0 amide bonds. The summed E-state index contributed by atoms with van der Waals surface area (Å²) in [6.45, 7) is 0. The second kappa shape index (κ2) is 6.90. The number of hydrogen-bond donors (Lipinski definition) is 0. The molecule has 0 fully saturated rings. The van der Waals surface area contributed by atoms with Gasteiger partial charge in [-0.05, 0) is 38.5 Å². The molecule has 1 aliphatic rings. The van der Waals surface area contributed by atoms with Gasteiger partial charge in [-0.25, -0.2) is 0 Å². The van der Waals surface area contributed by atoms with Crippen molar-refractivity contribution in [2.24, 2.45) is 0 Å². The van der Waals surface area contributed by atoms with Crippen LogP contribution < -0.4 is 0 Å². The lowest BCUT2D eigenvalue weighted by Crippen LogP contribution is -1.73. The highest BCUT2D eigenvalue weighted by Crippen LogP contribution is 2.03. The molecular formula is C12H18. The molecule has 0 aromatic carbocycles. The molecule has 0 spiro atoms. The molecule has 0 atom stereocenters. The molecule has 0 saturated heterocycles. The average Bonchev–Trinajstić information content (AvgIpc) is 2.05. The lowest BCUT2D eigenvalue weighted by atomic mass is 10.1. The molecule has 0 saturated carbocycles. The van der Waals surface area contributed by atoms with Crippen molar-refractivity contribution in [1.82, 2.24) is 0 Å². The van der Waals surface area contributed by atoms with Crippen molar-refractivity contribution < 1.29 is 0 Å². The first-order valence-electron chi connectivity index (χ1n) is 4.97. The summed E-state index contributed by atoms with van der Waals surface area (Å²) in [6.07, 6.45) is 21.0. The Hall–Kier alpha value is -0.780. The quantitative estimate of drug-likeness (QED) is 0.472. The topological polar surface area (TPSA) is 0 Å². The largest absolute Gasteiger partial charge is 0.0885 e. The number of rotatable bonds is 0. The van der Waals surface area contributed by atoms with Crippen molar-refractivity contribution in [2.45, 2.75) is 38.5 Å². The highest BCUT2D eigenvalue weighted by molar-refractivity contribution is 5.02. The van der Waals surface area contributed by atoms with Gasteiger partial charge in [-0.3, -0.25) is 0 Å². The van der Waals surface area contributed by atoms with E-state index in [2.05, 4.69) is 36.5 Å². The normalized spacial score (nSPS) is 25.3. The first kappa shape index (κ1) is 9.31. The third-order valence-corrected chi connectivity index (χ3v) is 2.03. The van der Waals surface area contributed by atoms with Crippen LogP contribution in [0, 0.1) is 0 Å². The van der Waals surface area contributed by atoms with Gasteiger partial charge in [-0.2, -0.15) is 0 Å². The van der Waals surface area contributed by atoms with Gasteiger partial charge in [0.25, 0.3) is 0 Å². The fraction of sp³-hybridized carbons (Fsp3) is 0.500. The van der Waals surface area contributed by atoms with E-state index in [4.69, 9.17) is 0 Å². The van der Waals surface area contributed by atoms with Crippen LogP contribution >= 0.6 is 0 Å². The summed E-state index contributed by atoms with van der Waals surface area (Å²) >= 11 is 0. The van der Waals surface area contributed by atoms with Gasteiger partial charge in [-0.15, -0.1) is 0 Å². The molecule has 0 heterocycles. The van der Waals surface area contributed by atoms with Crippen LogP contribution in [0.25, 0.3) is 0 Å². The monoisotopic (exact) mass is 162 g/mol. The van der Waals surface area contributed by atoms with E-state index in [1.807, 2.05) is 0 Å². The summed E-state index contributed by atoms with van der Waals surface area (Å²) in [4.78, 5) is 0. The summed E-state index contributed by atoms with van der Waals surface area (Å²) in [5.41, 5.74) is 0. The molecule has 1 rings (SSSR count). The molecular weight excluding hydrogens is 144 g/mol. The van der Waals surface area contributed by atoms with E-state index >= 15 is 0 Å². The van der Waals surface area contributed by atoms with Gasteiger partial charge in [-0.1, -0.05) is 36.5 Å². The molecule has 0 radical (unpaired) electrons. The molecule has 0 unspecified atom stereocenters. The van der Waals surface area contributed by atoms with Crippen LogP contribution in [0.1, 0.15) is 38.5 Å². The van der Waals surface area contributed by atoms with E-state index in [0.717, 1.165) is 0 Å². The van der Waals surface area contributed by atoms with Crippen molar-refractivity contribution in [3.8, 4) is 0 Å². The number of allylic oxidation sites excluding steroid dienone is 6. The zero-order valence-electron chi connectivity index (χ0n) is 7.71. The molecule has 0 heteroatoms. The van der Waals surface area contributed by atoms with Gasteiger partial charge >= 0.3 is 0 Å². The summed E-state index contributed by atoms with van der Waals surface area (Å²) < 4.78 is 0. The second-order valence-corrected chi connectivity index (χ2v) is 3.19. The van der Waals surface area contributed by atoms with E-state index < -0.39 is 0 Å². The van der Waals surface area contributed by atoms with Gasteiger partial charge in [0, 0.05) is 0 Å². The Labute approximate surface area is 75.7 Å². The van der Waals surface area contributed by atoms with Crippen molar-refractivity contribution in [2.75, 3.05) is 0 Å². The standard InChI is InChI=1S/C12H18/c1-2-4-6-8-10-12-11-9-7-5-3-1/h1-4,11-12H,5-10H2/b3-1+,4-2?,12-11-. The van der Waals surface area contributed by atoms with Crippen LogP contribution in [0.4, 0.5) is 0 Å². The third kappa shape index (κ3) is 4.95. The summed E-state index contributed by atoms with van der Waals surface area (Å²) in [5, 5.41) is 0. The van der Waals surface area contributed by atoms with E-state index in [-0.39, 0.29) is 0 Å². The van der Waals surface area contributed by atoms with Gasteiger partial charge in [0.15, 0.2) is 0 Å². The fourth-order valence-electron chi connectivity index (χ4n) is 1.29. The van der Waals surface area contributed by atoms with Crippen LogP contribution in [-0.4, -0.2) is 0 Å². The van der Waals surface area contributed by atoms with Crippen molar-refractivity contribution in [3.05, 3.63) is 36.5 Å². The Bertz CT molecular complexity index is 152. The number of hydrogen-bond acceptors (Lipinski definition) is 0. The smallest absolute Gasteiger partial charge is 0.0345 e. The zero-order valence-corrected chi connectivity index (χ0v) is 7.71. The van der Waals surface area contributed by atoms with Crippen molar-refractivity contribution >= 4 is 0 Å². The second-order valence-electron chi connectivity index (χ2n) is 3.19. The Kier molecular flexibility index (Phi) is 5.35. The maximum Gasteiger partial charge on any atom is -0.0345 e. The Balaban J connectivity index is 2.30. The van der Waals surface area contributed by atoms with E-state index in [9.17, 15) is 0 Å². The Morgan fingerprint density at radius 3 is 1.42 bits per heavy atom. The minimum Gasteiger partial charge on any atom is -0.0885 e. The van der Waals surface area contributed by atoms with Crippen LogP contribution in [0.5, 0.6) is 0 Å². The molecule has 12 heavy (non-hydrogen) atoms. The van der Waals surface area contributed by atoms with Crippen molar-refractivity contribution in [3.63, 3.8) is 0 Å². The highest BCUT2D eigenvalue weighted by atomic mass is 13.9. The molecule has 66 valence electrons. The Morgan fingerprint density at radius 1 is 0.500 bits per heavy atom. The van der Waals surface area contributed by atoms with E-state index in [0.29, 0.717) is 0 Å². The SMILES string of the molecule is C1=CCCC/C=C\CCC/C=C/1. The van der Waals surface area contributed by atoms with Crippen molar-refractivity contribution in [1.29, 1.82) is 0 Å². The van der Waals surface area contributed by atoms with Gasteiger partial charge in [0.05, 0.1) is 0 Å². The maximum atomic E-state index is 2.32. The first-order valence-corrected chi connectivity index (χ1v) is 4.97. The van der Waals surface area contributed by atoms with E-state index in [1.54, 1.807) is 0 Å². The highest BCUT2D eigenvalue weighted by Gasteiger charge is 1.83. The van der Waals surface area contributed by atoms with Crippen LogP contribution in [0.3, 0.4) is 0 Å². The minimum atomic E-state index is 1.22. The molecule has 1 aliphatic carbocycles. The molecule has 0 aromatic rings. The Morgan fingerprint density at radius 2 is 0.917 bits per heavy atom. The van der Waals surface area contributed by atoms with Crippen LogP contribution in [0.15, 0.2) is 36.5 Å².